The minimum absolute atomic E-state index is 0.0250. The summed E-state index contributed by atoms with van der Waals surface area (Å²) in [5.74, 6) is 1.24. The van der Waals surface area contributed by atoms with Crippen LogP contribution in [0.25, 0.3) is 0 Å². The molecule has 4 fully saturated rings. The molecule has 188 valence electrons. The van der Waals surface area contributed by atoms with E-state index in [0.29, 0.717) is 23.9 Å². The molecule has 34 heavy (non-hydrogen) atoms. The molecular formula is C25H36ClN3O4S. The molecule has 2 aliphatic heterocycles. The maximum Gasteiger partial charge on any atom is 0.410 e. The Bertz CT molecular complexity index is 980. The standard InChI is InChI=1S/C25H36ClN3O4S/c1-18-15-27(16-19-5-6-19)13-14-28(18)25(30)33-17-22-3-2-4-24(20-7-8-20)29(22)34(31,32)23-11-9-21(26)10-12-23/h9-12,18-20,22,24H,2-8,13-17H2,1H3/t18-,22+,24?/m0/s1. The number of hydrogen-bond acceptors (Lipinski definition) is 5. The van der Waals surface area contributed by atoms with Crippen molar-refractivity contribution in [3.05, 3.63) is 29.3 Å². The normalized spacial score (nSPS) is 29.2. The number of amides is 1. The van der Waals surface area contributed by atoms with E-state index in [9.17, 15) is 13.2 Å². The van der Waals surface area contributed by atoms with E-state index in [2.05, 4.69) is 11.8 Å². The van der Waals surface area contributed by atoms with Crippen LogP contribution in [0, 0.1) is 11.8 Å². The van der Waals surface area contributed by atoms with E-state index in [1.165, 1.54) is 12.8 Å². The molecule has 1 aromatic carbocycles. The van der Waals surface area contributed by atoms with E-state index in [1.807, 2.05) is 4.90 Å². The van der Waals surface area contributed by atoms with Gasteiger partial charge in [0.05, 0.1) is 10.9 Å². The van der Waals surface area contributed by atoms with Crippen molar-refractivity contribution in [2.24, 2.45) is 11.8 Å². The van der Waals surface area contributed by atoms with E-state index in [1.54, 1.807) is 28.6 Å². The molecule has 0 radical (unpaired) electrons. The predicted octanol–water partition coefficient (Wildman–Crippen LogP) is 4.21. The van der Waals surface area contributed by atoms with E-state index in [4.69, 9.17) is 16.3 Å². The number of halogens is 1. The topological polar surface area (TPSA) is 70.2 Å². The fraction of sp³-hybridized carbons (Fsp3) is 0.720. The minimum Gasteiger partial charge on any atom is -0.448 e. The first kappa shape index (κ1) is 24.3. The van der Waals surface area contributed by atoms with Crippen LogP contribution in [0.2, 0.25) is 5.02 Å². The van der Waals surface area contributed by atoms with Crippen molar-refractivity contribution < 1.29 is 17.9 Å². The van der Waals surface area contributed by atoms with Crippen molar-refractivity contribution in [1.29, 1.82) is 0 Å². The number of sulfonamides is 1. The largest absolute Gasteiger partial charge is 0.448 e. The Morgan fingerprint density at radius 2 is 1.79 bits per heavy atom. The molecule has 1 aromatic rings. The summed E-state index contributed by atoms with van der Waals surface area (Å²) >= 11 is 6.00. The number of piperazine rings is 1. The molecule has 0 N–H and O–H groups in total. The SMILES string of the molecule is C[C@H]1CN(CC2CC2)CCN1C(=O)OC[C@H]1CCCC(C2CC2)N1S(=O)(=O)c1ccc(Cl)cc1. The molecule has 2 saturated heterocycles. The first-order valence-corrected chi connectivity index (χ1v) is 14.6. The van der Waals surface area contributed by atoms with Gasteiger partial charge in [0.15, 0.2) is 0 Å². The van der Waals surface area contributed by atoms with Crippen LogP contribution in [-0.2, 0) is 14.8 Å². The lowest BCUT2D eigenvalue weighted by atomic mass is 9.96. The summed E-state index contributed by atoms with van der Waals surface area (Å²) in [6.45, 7) is 5.71. The highest BCUT2D eigenvalue weighted by Gasteiger charge is 2.46. The molecule has 1 unspecified atom stereocenters. The zero-order valence-electron chi connectivity index (χ0n) is 19.9. The van der Waals surface area contributed by atoms with Crippen LogP contribution in [0.5, 0.6) is 0 Å². The number of rotatable bonds is 7. The zero-order chi connectivity index (χ0) is 23.9. The fourth-order valence-electron chi connectivity index (χ4n) is 5.66. The van der Waals surface area contributed by atoms with E-state index < -0.39 is 10.0 Å². The van der Waals surface area contributed by atoms with Crippen molar-refractivity contribution in [1.82, 2.24) is 14.1 Å². The second-order valence-corrected chi connectivity index (χ2v) is 12.9. The van der Waals surface area contributed by atoms with Gasteiger partial charge in [-0.25, -0.2) is 13.2 Å². The van der Waals surface area contributed by atoms with Crippen LogP contribution in [0.15, 0.2) is 29.2 Å². The second-order valence-electron chi connectivity index (χ2n) is 10.6. The molecule has 0 spiro atoms. The predicted molar refractivity (Wildman–Crippen MR) is 131 cm³/mol. The maximum absolute atomic E-state index is 13.7. The van der Waals surface area contributed by atoms with Gasteiger partial charge in [0.2, 0.25) is 10.0 Å². The number of benzene rings is 1. The van der Waals surface area contributed by atoms with Crippen molar-refractivity contribution in [2.75, 3.05) is 32.8 Å². The Labute approximate surface area is 208 Å². The smallest absolute Gasteiger partial charge is 0.410 e. The molecule has 3 atom stereocenters. The van der Waals surface area contributed by atoms with Crippen LogP contribution in [-0.4, -0.2) is 79.5 Å². The van der Waals surface area contributed by atoms with Gasteiger partial charge in [0.1, 0.15) is 6.61 Å². The molecule has 0 bridgehead atoms. The number of carbonyl (C=O) groups excluding carboxylic acids is 1. The van der Waals surface area contributed by atoms with Crippen LogP contribution in [0.1, 0.15) is 51.9 Å². The quantitative estimate of drug-likeness (QED) is 0.550. The third-order valence-corrected chi connectivity index (χ3v) is 10.1. The summed E-state index contributed by atoms with van der Waals surface area (Å²) in [6.07, 6.45) is 6.97. The first-order chi connectivity index (χ1) is 16.3. The maximum atomic E-state index is 13.7. The van der Waals surface area contributed by atoms with Gasteiger partial charge in [-0.05, 0) is 81.5 Å². The minimum atomic E-state index is -3.72. The summed E-state index contributed by atoms with van der Waals surface area (Å²) in [5, 5.41) is 0.508. The van der Waals surface area contributed by atoms with Gasteiger partial charge in [-0.1, -0.05) is 18.0 Å². The Balaban J connectivity index is 1.26. The van der Waals surface area contributed by atoms with Gasteiger partial charge >= 0.3 is 6.09 Å². The number of ether oxygens (including phenoxy) is 1. The molecule has 0 aromatic heterocycles. The van der Waals surface area contributed by atoms with Gasteiger partial charge in [0, 0.05) is 43.3 Å². The molecule has 5 rings (SSSR count). The van der Waals surface area contributed by atoms with Crippen LogP contribution in [0.4, 0.5) is 4.79 Å². The Hall–Kier alpha value is -1.35. The molecule has 2 saturated carbocycles. The number of nitrogens with zero attached hydrogens (tertiary/aromatic N) is 3. The fourth-order valence-corrected chi connectivity index (χ4v) is 7.70. The highest BCUT2D eigenvalue weighted by molar-refractivity contribution is 7.89. The average Bonchev–Trinajstić information content (AvgIpc) is 3.72. The van der Waals surface area contributed by atoms with Gasteiger partial charge in [0.25, 0.3) is 0 Å². The lowest BCUT2D eigenvalue weighted by molar-refractivity contribution is 0.0304. The summed E-state index contributed by atoms with van der Waals surface area (Å²) in [5.41, 5.74) is 0. The van der Waals surface area contributed by atoms with E-state index in [-0.39, 0.29) is 35.7 Å². The number of piperidine rings is 1. The van der Waals surface area contributed by atoms with Crippen molar-refractivity contribution in [3.63, 3.8) is 0 Å². The summed E-state index contributed by atoms with van der Waals surface area (Å²) in [7, 11) is -3.72. The third-order valence-electron chi connectivity index (χ3n) is 7.84. The third kappa shape index (κ3) is 5.40. The Kier molecular flexibility index (Phi) is 7.13. The molecule has 1 amide bonds. The summed E-state index contributed by atoms with van der Waals surface area (Å²) in [4.78, 5) is 17.5. The summed E-state index contributed by atoms with van der Waals surface area (Å²) in [6, 6.07) is 6.11. The number of hydrogen-bond donors (Lipinski definition) is 0. The molecule has 7 nitrogen and oxygen atoms in total. The van der Waals surface area contributed by atoms with Gasteiger partial charge in [-0.2, -0.15) is 4.31 Å². The second kappa shape index (κ2) is 9.96. The van der Waals surface area contributed by atoms with Crippen molar-refractivity contribution in [2.45, 2.75) is 74.9 Å². The highest BCUT2D eigenvalue weighted by Crippen LogP contribution is 2.43. The monoisotopic (exact) mass is 509 g/mol. The van der Waals surface area contributed by atoms with Crippen LogP contribution in [0.3, 0.4) is 0 Å². The van der Waals surface area contributed by atoms with Crippen molar-refractivity contribution >= 4 is 27.7 Å². The molecule has 2 heterocycles. The number of carbonyl (C=O) groups is 1. The van der Waals surface area contributed by atoms with Crippen molar-refractivity contribution in [3.8, 4) is 0 Å². The molecule has 4 aliphatic rings. The van der Waals surface area contributed by atoms with Gasteiger partial charge in [-0.3, -0.25) is 4.90 Å². The Morgan fingerprint density at radius 1 is 1.06 bits per heavy atom. The molecular weight excluding hydrogens is 474 g/mol. The lowest BCUT2D eigenvalue weighted by Gasteiger charge is -2.42. The van der Waals surface area contributed by atoms with Crippen LogP contribution >= 0.6 is 11.6 Å². The molecule has 2 aliphatic carbocycles. The highest BCUT2D eigenvalue weighted by atomic mass is 35.5. The van der Waals surface area contributed by atoms with Crippen LogP contribution < -0.4 is 0 Å². The molecule has 9 heteroatoms. The zero-order valence-corrected chi connectivity index (χ0v) is 21.5. The lowest BCUT2D eigenvalue weighted by Crippen LogP contribution is -2.56. The first-order valence-electron chi connectivity index (χ1n) is 12.8. The average molecular weight is 510 g/mol. The Morgan fingerprint density at radius 3 is 2.44 bits per heavy atom. The van der Waals surface area contributed by atoms with Gasteiger partial charge < -0.3 is 9.64 Å². The summed E-state index contributed by atoms with van der Waals surface area (Å²) < 4.78 is 34.9. The van der Waals surface area contributed by atoms with E-state index >= 15 is 0 Å². The van der Waals surface area contributed by atoms with E-state index in [0.717, 1.165) is 51.2 Å². The van der Waals surface area contributed by atoms with Gasteiger partial charge in [-0.15, -0.1) is 0 Å².